The number of para-hydroxylation sites is 1. The van der Waals surface area contributed by atoms with Gasteiger partial charge in [0.25, 0.3) is 0 Å². The molecule has 1 fully saturated rings. The standard InChI is InChI=1S/C23H23F3N4/c1-29-13-16(15-12-17(24)19(25)20(26)23(15)29)22-21(14-6-2-3-7-18(14)28-22)27-8-11-30-9-4-5-10-30/h2-3,6-7,12,28H,4-5,8-11,13H2,1H3/b22-16+,27-21?. The van der Waals surface area contributed by atoms with Crippen LogP contribution in [0.15, 0.2) is 41.0 Å². The second-order valence-electron chi connectivity index (χ2n) is 8.04. The van der Waals surface area contributed by atoms with E-state index >= 15 is 0 Å². The quantitative estimate of drug-likeness (QED) is 0.764. The van der Waals surface area contributed by atoms with Crippen molar-refractivity contribution in [2.24, 2.45) is 4.99 Å². The molecule has 0 atom stereocenters. The molecular formula is C23H23F3N4. The molecule has 30 heavy (non-hydrogen) atoms. The predicted molar refractivity (Wildman–Crippen MR) is 114 cm³/mol. The van der Waals surface area contributed by atoms with Gasteiger partial charge in [0.2, 0.25) is 0 Å². The fraction of sp³-hybridized carbons (Fsp3) is 0.348. The highest BCUT2D eigenvalue weighted by Gasteiger charge is 2.34. The van der Waals surface area contributed by atoms with E-state index in [4.69, 9.17) is 4.99 Å². The molecule has 1 saturated heterocycles. The highest BCUT2D eigenvalue weighted by Crippen LogP contribution is 2.42. The summed E-state index contributed by atoms with van der Waals surface area (Å²) in [5.74, 6) is -3.76. The maximum Gasteiger partial charge on any atom is 0.196 e. The Morgan fingerprint density at radius 2 is 1.80 bits per heavy atom. The summed E-state index contributed by atoms with van der Waals surface area (Å²) >= 11 is 0. The predicted octanol–water partition coefficient (Wildman–Crippen LogP) is 4.28. The average Bonchev–Trinajstić information content (AvgIpc) is 3.45. The zero-order valence-corrected chi connectivity index (χ0v) is 16.8. The Hall–Kier alpha value is -2.80. The third kappa shape index (κ3) is 3.08. The second-order valence-corrected chi connectivity index (χ2v) is 8.04. The summed E-state index contributed by atoms with van der Waals surface area (Å²) in [6.07, 6.45) is 2.46. The van der Waals surface area contributed by atoms with Crippen LogP contribution in [-0.4, -0.2) is 50.4 Å². The van der Waals surface area contributed by atoms with Gasteiger partial charge >= 0.3 is 0 Å². The Morgan fingerprint density at radius 3 is 2.60 bits per heavy atom. The lowest BCUT2D eigenvalue weighted by atomic mass is 10.0. The van der Waals surface area contributed by atoms with Gasteiger partial charge in [-0.25, -0.2) is 13.2 Å². The van der Waals surface area contributed by atoms with Crippen LogP contribution in [0.25, 0.3) is 5.57 Å². The number of benzene rings is 2. The first-order valence-corrected chi connectivity index (χ1v) is 10.3. The first kappa shape index (κ1) is 19.2. The van der Waals surface area contributed by atoms with Gasteiger partial charge in [-0.1, -0.05) is 18.2 Å². The van der Waals surface area contributed by atoms with E-state index in [-0.39, 0.29) is 5.69 Å². The van der Waals surface area contributed by atoms with Crippen LogP contribution in [0.3, 0.4) is 0 Å². The molecule has 156 valence electrons. The van der Waals surface area contributed by atoms with Gasteiger partial charge in [-0.2, -0.15) is 0 Å². The third-order valence-electron chi connectivity index (χ3n) is 6.10. The van der Waals surface area contributed by atoms with Gasteiger partial charge in [-0.05, 0) is 38.1 Å². The van der Waals surface area contributed by atoms with Crippen molar-refractivity contribution in [1.29, 1.82) is 0 Å². The van der Waals surface area contributed by atoms with E-state index in [1.54, 1.807) is 11.9 Å². The first-order valence-electron chi connectivity index (χ1n) is 10.3. The minimum absolute atomic E-state index is 0.0885. The molecule has 3 aliphatic heterocycles. The van der Waals surface area contributed by atoms with Crippen molar-refractivity contribution in [2.75, 3.05) is 50.0 Å². The highest BCUT2D eigenvalue weighted by atomic mass is 19.2. The van der Waals surface area contributed by atoms with Gasteiger partial charge in [-0.15, -0.1) is 0 Å². The number of likely N-dealkylation sites (tertiary alicyclic amines) is 1. The highest BCUT2D eigenvalue weighted by molar-refractivity contribution is 6.25. The van der Waals surface area contributed by atoms with Gasteiger partial charge < -0.3 is 15.1 Å². The topological polar surface area (TPSA) is 30.9 Å². The van der Waals surface area contributed by atoms with Crippen LogP contribution in [0.5, 0.6) is 0 Å². The maximum absolute atomic E-state index is 14.5. The lowest BCUT2D eigenvalue weighted by molar-refractivity contribution is 0.349. The van der Waals surface area contributed by atoms with E-state index < -0.39 is 17.5 Å². The number of hydrogen-bond acceptors (Lipinski definition) is 4. The molecule has 0 aromatic heterocycles. The SMILES string of the molecule is CN1C/C(=C2\Nc3ccccc3C2=NCCN2CCCC2)c2cc(F)c(F)c(F)c21. The normalized spacial score (nSPS) is 22.0. The molecule has 0 amide bonds. The van der Waals surface area contributed by atoms with Gasteiger partial charge in [0.1, 0.15) is 0 Å². The minimum Gasteiger partial charge on any atom is -0.367 e. The molecule has 7 heteroatoms. The van der Waals surface area contributed by atoms with Crippen LogP contribution in [-0.2, 0) is 0 Å². The molecule has 2 aromatic carbocycles. The number of halogens is 3. The van der Waals surface area contributed by atoms with E-state index in [0.717, 1.165) is 53.9 Å². The van der Waals surface area contributed by atoms with Crippen LogP contribution in [0.2, 0.25) is 0 Å². The van der Waals surface area contributed by atoms with Gasteiger partial charge in [-0.3, -0.25) is 4.99 Å². The monoisotopic (exact) mass is 412 g/mol. The molecule has 4 nitrogen and oxygen atoms in total. The molecule has 0 radical (unpaired) electrons. The van der Waals surface area contributed by atoms with Crippen molar-refractivity contribution >= 4 is 22.7 Å². The van der Waals surface area contributed by atoms with E-state index in [2.05, 4.69) is 10.2 Å². The third-order valence-corrected chi connectivity index (χ3v) is 6.10. The number of rotatable bonds is 3. The Morgan fingerprint density at radius 1 is 1.03 bits per heavy atom. The molecule has 2 aromatic rings. The average molecular weight is 412 g/mol. The number of anilines is 2. The fourth-order valence-electron chi connectivity index (χ4n) is 4.62. The Bertz CT molecular complexity index is 1070. The van der Waals surface area contributed by atoms with Crippen LogP contribution in [0.4, 0.5) is 24.5 Å². The Kier molecular flexibility index (Phi) is 4.77. The zero-order chi connectivity index (χ0) is 20.8. The second kappa shape index (κ2) is 7.47. The molecule has 3 aliphatic rings. The molecule has 0 spiro atoms. The van der Waals surface area contributed by atoms with Crippen molar-refractivity contribution in [3.8, 4) is 0 Å². The smallest absolute Gasteiger partial charge is 0.196 e. The van der Waals surface area contributed by atoms with Gasteiger partial charge in [0.15, 0.2) is 17.5 Å². The number of allylic oxidation sites excluding steroid dienone is 1. The van der Waals surface area contributed by atoms with E-state index in [0.29, 0.717) is 18.7 Å². The summed E-state index contributed by atoms with van der Waals surface area (Å²) < 4.78 is 42.4. The number of aliphatic imine (C=N–C) groups is 1. The van der Waals surface area contributed by atoms with Crippen LogP contribution in [0, 0.1) is 17.5 Å². The van der Waals surface area contributed by atoms with Crippen molar-refractivity contribution in [2.45, 2.75) is 12.8 Å². The summed E-state index contributed by atoms with van der Waals surface area (Å²) in [7, 11) is 1.68. The Labute approximate surface area is 173 Å². The van der Waals surface area contributed by atoms with Crippen LogP contribution >= 0.6 is 0 Å². The first-order chi connectivity index (χ1) is 14.5. The summed E-state index contributed by atoms with van der Waals surface area (Å²) in [5, 5.41) is 3.39. The zero-order valence-electron chi connectivity index (χ0n) is 16.8. The number of nitrogens with zero attached hydrogens (tertiary/aromatic N) is 3. The Balaban J connectivity index is 1.58. The summed E-state index contributed by atoms with van der Waals surface area (Å²) in [4.78, 5) is 8.90. The number of fused-ring (bicyclic) bond motifs is 2. The van der Waals surface area contributed by atoms with Crippen molar-refractivity contribution in [3.05, 3.63) is 64.6 Å². The molecule has 0 unspecified atom stereocenters. The van der Waals surface area contributed by atoms with Crippen LogP contribution < -0.4 is 10.2 Å². The van der Waals surface area contributed by atoms with E-state index in [1.165, 1.54) is 12.8 Å². The molecule has 1 N–H and O–H groups in total. The number of likely N-dealkylation sites (N-methyl/N-ethyl adjacent to an activating group) is 1. The number of nitrogens with one attached hydrogen (secondary N) is 1. The van der Waals surface area contributed by atoms with Crippen LogP contribution in [0.1, 0.15) is 24.0 Å². The molecule has 3 heterocycles. The van der Waals surface area contributed by atoms with E-state index in [1.807, 2.05) is 24.3 Å². The molecule has 5 rings (SSSR count). The van der Waals surface area contributed by atoms with E-state index in [9.17, 15) is 13.2 Å². The van der Waals surface area contributed by atoms with Crippen molar-refractivity contribution < 1.29 is 13.2 Å². The largest absolute Gasteiger partial charge is 0.367 e. The fourth-order valence-corrected chi connectivity index (χ4v) is 4.62. The molecular weight excluding hydrogens is 389 g/mol. The summed E-state index contributed by atoms with van der Waals surface area (Å²) in [6, 6.07) is 8.94. The lowest BCUT2D eigenvalue weighted by Crippen LogP contribution is -2.23. The summed E-state index contributed by atoms with van der Waals surface area (Å²) in [6.45, 7) is 4.10. The van der Waals surface area contributed by atoms with Gasteiger partial charge in [0, 0.05) is 42.5 Å². The molecule has 0 aliphatic carbocycles. The minimum atomic E-state index is -1.44. The maximum atomic E-state index is 14.5. The molecule has 0 saturated carbocycles. The lowest BCUT2D eigenvalue weighted by Gasteiger charge is -2.13. The van der Waals surface area contributed by atoms with Gasteiger partial charge in [0.05, 0.1) is 23.6 Å². The summed E-state index contributed by atoms with van der Waals surface area (Å²) in [5.41, 5.74) is 4.61. The van der Waals surface area contributed by atoms with Crippen molar-refractivity contribution in [1.82, 2.24) is 4.90 Å². The van der Waals surface area contributed by atoms with Crippen molar-refractivity contribution in [3.63, 3.8) is 0 Å². The number of hydrogen-bond donors (Lipinski definition) is 1. The molecule has 0 bridgehead atoms.